The third-order valence-corrected chi connectivity index (χ3v) is 4.43. The van der Waals surface area contributed by atoms with Crippen LogP contribution >= 0.6 is 11.6 Å². The van der Waals surface area contributed by atoms with Crippen LogP contribution in [0.25, 0.3) is 0 Å². The van der Waals surface area contributed by atoms with Crippen molar-refractivity contribution in [3.8, 4) is 6.07 Å². The monoisotopic (exact) mass is 368 g/mol. The van der Waals surface area contributed by atoms with Gasteiger partial charge in [0.15, 0.2) is 0 Å². The Bertz CT molecular complexity index is 870. The standard InChI is InChI=1S/C20H21ClN4O/c1-3-13(2)16-6-4-5-7-19(16)24-12-14(11-22)20(26)25-15-8-9-18(23)17(21)10-15/h4-10,12-13,24H,3,23H2,1-2H3,(H,25,26)/b14-12-. The van der Waals surface area contributed by atoms with Crippen LogP contribution in [0.3, 0.4) is 0 Å². The smallest absolute Gasteiger partial charge is 0.267 e. The molecule has 0 aliphatic heterocycles. The number of hydrogen-bond donors (Lipinski definition) is 3. The molecule has 0 heterocycles. The zero-order valence-electron chi connectivity index (χ0n) is 14.7. The van der Waals surface area contributed by atoms with Gasteiger partial charge in [0.25, 0.3) is 5.91 Å². The number of carbonyl (C=O) groups is 1. The van der Waals surface area contributed by atoms with E-state index in [-0.39, 0.29) is 5.57 Å². The number of benzene rings is 2. The van der Waals surface area contributed by atoms with Gasteiger partial charge in [-0.05, 0) is 42.2 Å². The summed E-state index contributed by atoms with van der Waals surface area (Å²) in [5.74, 6) is -0.162. The zero-order valence-corrected chi connectivity index (χ0v) is 15.5. The average molecular weight is 369 g/mol. The molecule has 0 aliphatic carbocycles. The van der Waals surface area contributed by atoms with E-state index in [0.717, 1.165) is 17.7 Å². The number of rotatable bonds is 6. The summed E-state index contributed by atoms with van der Waals surface area (Å²) in [6.07, 6.45) is 2.40. The SMILES string of the molecule is CCC(C)c1ccccc1N/C=C(/C#N)C(=O)Nc1ccc(N)c(Cl)c1. The van der Waals surface area contributed by atoms with E-state index in [0.29, 0.717) is 22.3 Å². The highest BCUT2D eigenvalue weighted by molar-refractivity contribution is 6.33. The summed E-state index contributed by atoms with van der Waals surface area (Å²) in [4.78, 5) is 12.3. The Labute approximate surface area is 158 Å². The van der Waals surface area contributed by atoms with Crippen LogP contribution in [-0.4, -0.2) is 5.91 Å². The molecule has 4 N–H and O–H groups in total. The molecule has 0 aromatic heterocycles. The quantitative estimate of drug-likeness (QED) is 0.384. The van der Waals surface area contributed by atoms with Crippen molar-refractivity contribution >= 4 is 34.6 Å². The second kappa shape index (κ2) is 8.93. The highest BCUT2D eigenvalue weighted by Crippen LogP contribution is 2.27. The largest absolute Gasteiger partial charge is 0.398 e. The number of para-hydroxylation sites is 1. The zero-order chi connectivity index (χ0) is 19.1. The molecule has 1 unspecified atom stereocenters. The number of nitrogens with two attached hydrogens (primary N) is 1. The van der Waals surface area contributed by atoms with E-state index in [1.807, 2.05) is 30.3 Å². The summed E-state index contributed by atoms with van der Waals surface area (Å²) in [6, 6.07) is 14.5. The molecular formula is C20H21ClN4O. The lowest BCUT2D eigenvalue weighted by Crippen LogP contribution is -2.14. The lowest BCUT2D eigenvalue weighted by atomic mass is 9.97. The highest BCUT2D eigenvalue weighted by Gasteiger charge is 2.12. The molecule has 26 heavy (non-hydrogen) atoms. The number of nitrogens with one attached hydrogen (secondary N) is 2. The first-order chi connectivity index (χ1) is 12.5. The van der Waals surface area contributed by atoms with Crippen molar-refractivity contribution in [1.29, 1.82) is 5.26 Å². The molecule has 0 fully saturated rings. The van der Waals surface area contributed by atoms with Gasteiger partial charge in [-0.2, -0.15) is 5.26 Å². The van der Waals surface area contributed by atoms with Gasteiger partial charge in [-0.3, -0.25) is 4.79 Å². The van der Waals surface area contributed by atoms with Crippen molar-refractivity contribution in [2.24, 2.45) is 0 Å². The minimum Gasteiger partial charge on any atom is -0.398 e. The molecule has 0 bridgehead atoms. The van der Waals surface area contributed by atoms with Crippen molar-refractivity contribution in [1.82, 2.24) is 0 Å². The summed E-state index contributed by atoms with van der Waals surface area (Å²) in [5, 5.41) is 15.4. The maximum Gasteiger partial charge on any atom is 0.267 e. The highest BCUT2D eigenvalue weighted by atomic mass is 35.5. The van der Waals surface area contributed by atoms with Gasteiger partial charge in [0.1, 0.15) is 11.6 Å². The van der Waals surface area contributed by atoms with Gasteiger partial charge in [-0.1, -0.05) is 43.6 Å². The molecule has 0 aliphatic rings. The van der Waals surface area contributed by atoms with Crippen LogP contribution in [0.1, 0.15) is 31.7 Å². The molecule has 5 nitrogen and oxygen atoms in total. The third-order valence-electron chi connectivity index (χ3n) is 4.10. The topological polar surface area (TPSA) is 90.9 Å². The minimum absolute atomic E-state index is 0.0445. The maximum absolute atomic E-state index is 12.3. The number of nitriles is 1. The number of nitrogen functional groups attached to an aromatic ring is 1. The van der Waals surface area contributed by atoms with Gasteiger partial charge in [-0.15, -0.1) is 0 Å². The molecule has 134 valence electrons. The van der Waals surface area contributed by atoms with E-state index < -0.39 is 5.91 Å². The molecule has 0 radical (unpaired) electrons. The van der Waals surface area contributed by atoms with Crippen molar-refractivity contribution in [3.63, 3.8) is 0 Å². The van der Waals surface area contributed by atoms with Crippen molar-refractivity contribution in [2.45, 2.75) is 26.2 Å². The first kappa shape index (κ1) is 19.4. The summed E-state index contributed by atoms with van der Waals surface area (Å²) in [7, 11) is 0. The van der Waals surface area contributed by atoms with Crippen molar-refractivity contribution in [2.75, 3.05) is 16.4 Å². The van der Waals surface area contributed by atoms with E-state index in [1.54, 1.807) is 12.1 Å². The number of anilines is 3. The molecule has 1 amide bonds. The van der Waals surface area contributed by atoms with Gasteiger partial charge < -0.3 is 16.4 Å². The summed E-state index contributed by atoms with van der Waals surface area (Å²) >= 11 is 5.94. The molecule has 0 saturated heterocycles. The Hall–Kier alpha value is -2.97. The Balaban J connectivity index is 2.16. The molecule has 0 spiro atoms. The van der Waals surface area contributed by atoms with Gasteiger partial charge in [0.05, 0.1) is 10.7 Å². The number of nitrogens with zero attached hydrogens (tertiary/aromatic N) is 1. The fraction of sp³-hybridized carbons (Fsp3) is 0.200. The van der Waals surface area contributed by atoms with Crippen LogP contribution < -0.4 is 16.4 Å². The molecule has 2 aromatic carbocycles. The predicted octanol–water partition coefficient (Wildman–Crippen LogP) is 4.89. The Morgan fingerprint density at radius 1 is 1.35 bits per heavy atom. The second-order valence-corrected chi connectivity index (χ2v) is 6.31. The van der Waals surface area contributed by atoms with Gasteiger partial charge in [-0.25, -0.2) is 0 Å². The average Bonchev–Trinajstić information content (AvgIpc) is 2.65. The minimum atomic E-state index is -0.526. The van der Waals surface area contributed by atoms with Crippen LogP contribution in [0.2, 0.25) is 5.02 Å². The fourth-order valence-corrected chi connectivity index (χ4v) is 2.56. The number of carbonyl (C=O) groups excluding carboxylic acids is 1. The van der Waals surface area contributed by atoms with E-state index >= 15 is 0 Å². The maximum atomic E-state index is 12.3. The van der Waals surface area contributed by atoms with Crippen molar-refractivity contribution < 1.29 is 4.79 Å². The number of amides is 1. The van der Waals surface area contributed by atoms with Gasteiger partial charge >= 0.3 is 0 Å². The summed E-state index contributed by atoms with van der Waals surface area (Å²) in [5.41, 5.74) is 8.50. The van der Waals surface area contributed by atoms with Gasteiger partial charge in [0.2, 0.25) is 0 Å². The van der Waals surface area contributed by atoms with E-state index in [1.165, 1.54) is 12.3 Å². The summed E-state index contributed by atoms with van der Waals surface area (Å²) in [6.45, 7) is 4.25. The molecule has 1 atom stereocenters. The predicted molar refractivity (Wildman–Crippen MR) is 107 cm³/mol. The lowest BCUT2D eigenvalue weighted by Gasteiger charge is -2.14. The van der Waals surface area contributed by atoms with Crippen LogP contribution in [0.4, 0.5) is 17.1 Å². The molecular weight excluding hydrogens is 348 g/mol. The molecule has 2 rings (SSSR count). The van der Waals surface area contributed by atoms with E-state index in [4.69, 9.17) is 17.3 Å². The first-order valence-corrected chi connectivity index (χ1v) is 8.66. The third kappa shape index (κ3) is 4.78. The Kier molecular flexibility index (Phi) is 6.65. The van der Waals surface area contributed by atoms with Crippen LogP contribution in [-0.2, 0) is 4.79 Å². The lowest BCUT2D eigenvalue weighted by molar-refractivity contribution is -0.112. The number of halogens is 1. The molecule has 0 saturated carbocycles. The van der Waals surface area contributed by atoms with Crippen molar-refractivity contribution in [3.05, 3.63) is 64.8 Å². The Morgan fingerprint density at radius 3 is 2.73 bits per heavy atom. The van der Waals surface area contributed by atoms with Crippen LogP contribution in [0.15, 0.2) is 54.2 Å². The van der Waals surface area contributed by atoms with E-state index in [9.17, 15) is 10.1 Å². The normalized spacial score (nSPS) is 12.2. The first-order valence-electron chi connectivity index (χ1n) is 8.28. The molecule has 6 heteroatoms. The number of hydrogen-bond acceptors (Lipinski definition) is 4. The van der Waals surface area contributed by atoms with Crippen LogP contribution in [0.5, 0.6) is 0 Å². The summed E-state index contributed by atoms with van der Waals surface area (Å²) < 4.78 is 0. The molecule has 2 aromatic rings. The fourth-order valence-electron chi connectivity index (χ4n) is 2.38. The second-order valence-electron chi connectivity index (χ2n) is 5.90. The van der Waals surface area contributed by atoms with Gasteiger partial charge in [0, 0.05) is 17.6 Å². The van der Waals surface area contributed by atoms with E-state index in [2.05, 4.69) is 24.5 Å². The van der Waals surface area contributed by atoms with Crippen LogP contribution in [0, 0.1) is 11.3 Å². The Morgan fingerprint density at radius 2 is 2.08 bits per heavy atom.